The molecule has 1 heterocycles. The number of halogens is 4. The molecule has 1 aliphatic heterocycles. The van der Waals surface area contributed by atoms with Crippen LogP contribution in [0.5, 0.6) is 0 Å². The first-order valence-corrected chi connectivity index (χ1v) is 6.03. The normalized spacial score (nSPS) is 24.5. The van der Waals surface area contributed by atoms with Gasteiger partial charge in [0.25, 0.3) is 0 Å². The minimum absolute atomic E-state index is 0.0354. The van der Waals surface area contributed by atoms with E-state index in [1.165, 1.54) is 6.07 Å². The zero-order valence-corrected chi connectivity index (χ0v) is 10.0. The van der Waals surface area contributed by atoms with Gasteiger partial charge in [0.05, 0.1) is 5.56 Å². The number of benzene rings is 1. The highest BCUT2D eigenvalue weighted by atomic mass is 19.4. The van der Waals surface area contributed by atoms with Gasteiger partial charge in [0.2, 0.25) is 0 Å². The molecule has 0 amide bonds. The van der Waals surface area contributed by atoms with Crippen LogP contribution in [0.1, 0.15) is 36.8 Å². The van der Waals surface area contributed by atoms with Gasteiger partial charge in [0, 0.05) is 12.0 Å². The van der Waals surface area contributed by atoms with E-state index in [0.29, 0.717) is 11.6 Å². The average molecular weight is 261 g/mol. The van der Waals surface area contributed by atoms with Gasteiger partial charge in [0.1, 0.15) is 5.82 Å². The van der Waals surface area contributed by atoms with Crippen molar-refractivity contribution in [1.82, 2.24) is 5.32 Å². The van der Waals surface area contributed by atoms with Crippen LogP contribution in [0.25, 0.3) is 0 Å². The topological polar surface area (TPSA) is 12.0 Å². The maximum Gasteiger partial charge on any atom is 0.416 e. The van der Waals surface area contributed by atoms with Crippen molar-refractivity contribution in [3.05, 3.63) is 35.1 Å². The Bertz CT molecular complexity index is 427. The minimum Gasteiger partial charge on any atom is -0.313 e. The predicted molar refractivity (Wildman–Crippen MR) is 60.8 cm³/mol. The molecule has 0 aromatic heterocycles. The van der Waals surface area contributed by atoms with Crippen molar-refractivity contribution >= 4 is 0 Å². The molecule has 1 N–H and O–H groups in total. The lowest BCUT2D eigenvalue weighted by atomic mass is 9.89. The first-order valence-electron chi connectivity index (χ1n) is 6.03. The highest BCUT2D eigenvalue weighted by Gasteiger charge is 2.33. The van der Waals surface area contributed by atoms with E-state index in [-0.39, 0.29) is 12.0 Å². The summed E-state index contributed by atoms with van der Waals surface area (Å²) in [7, 11) is 0. The van der Waals surface area contributed by atoms with E-state index in [0.717, 1.165) is 25.5 Å². The fourth-order valence-corrected chi connectivity index (χ4v) is 2.59. The highest BCUT2D eigenvalue weighted by molar-refractivity contribution is 5.31. The van der Waals surface area contributed by atoms with Crippen molar-refractivity contribution in [3.8, 4) is 0 Å². The van der Waals surface area contributed by atoms with Crippen LogP contribution >= 0.6 is 0 Å². The number of rotatable bonds is 2. The second-order valence-electron chi connectivity index (χ2n) is 4.64. The minimum atomic E-state index is -4.50. The van der Waals surface area contributed by atoms with Crippen LogP contribution in [0, 0.1) is 5.82 Å². The van der Waals surface area contributed by atoms with Gasteiger partial charge < -0.3 is 5.32 Å². The van der Waals surface area contributed by atoms with Crippen LogP contribution in [0.15, 0.2) is 18.2 Å². The molecule has 18 heavy (non-hydrogen) atoms. The molecule has 1 aromatic rings. The predicted octanol–water partition coefficient (Wildman–Crippen LogP) is 3.70. The Labute approximate surface area is 103 Å². The van der Waals surface area contributed by atoms with E-state index in [9.17, 15) is 17.6 Å². The van der Waals surface area contributed by atoms with E-state index >= 15 is 0 Å². The maximum absolute atomic E-state index is 13.3. The average Bonchev–Trinajstić information content (AvgIpc) is 2.74. The molecule has 1 nitrogen and oxygen atoms in total. The Morgan fingerprint density at radius 1 is 1.28 bits per heavy atom. The lowest BCUT2D eigenvalue weighted by molar-refractivity contribution is -0.137. The van der Waals surface area contributed by atoms with Crippen LogP contribution in [0.3, 0.4) is 0 Å². The largest absolute Gasteiger partial charge is 0.416 e. The van der Waals surface area contributed by atoms with Gasteiger partial charge in [0.15, 0.2) is 0 Å². The maximum atomic E-state index is 13.3. The van der Waals surface area contributed by atoms with Crippen LogP contribution in [-0.2, 0) is 6.18 Å². The molecule has 0 bridgehead atoms. The highest BCUT2D eigenvalue weighted by Crippen LogP contribution is 2.35. The first-order chi connectivity index (χ1) is 8.41. The van der Waals surface area contributed by atoms with E-state index in [4.69, 9.17) is 0 Å². The number of nitrogens with one attached hydrogen (secondary N) is 1. The monoisotopic (exact) mass is 261 g/mol. The van der Waals surface area contributed by atoms with E-state index < -0.39 is 17.6 Å². The lowest BCUT2D eigenvalue weighted by Crippen LogP contribution is -2.25. The van der Waals surface area contributed by atoms with Crippen LogP contribution in [0.2, 0.25) is 0 Å². The molecule has 2 atom stereocenters. The quantitative estimate of drug-likeness (QED) is 0.800. The van der Waals surface area contributed by atoms with Crippen LogP contribution < -0.4 is 5.32 Å². The summed E-state index contributed by atoms with van der Waals surface area (Å²) in [6.45, 7) is 2.74. The Hall–Kier alpha value is -1.10. The summed E-state index contributed by atoms with van der Waals surface area (Å²) < 4.78 is 51.2. The molecule has 0 saturated carbocycles. The van der Waals surface area contributed by atoms with Gasteiger partial charge >= 0.3 is 6.18 Å². The SMILES string of the molecule is CCC1NCCC1c1cc(F)cc(C(F)(F)F)c1. The third kappa shape index (κ3) is 2.66. The van der Waals surface area contributed by atoms with Gasteiger partial charge in [-0.25, -0.2) is 4.39 Å². The van der Waals surface area contributed by atoms with Crippen molar-refractivity contribution in [2.24, 2.45) is 0 Å². The van der Waals surface area contributed by atoms with Gasteiger partial charge in [-0.1, -0.05) is 6.92 Å². The first kappa shape index (κ1) is 13.3. The Balaban J connectivity index is 2.36. The zero-order chi connectivity index (χ0) is 13.3. The molecule has 100 valence electrons. The van der Waals surface area contributed by atoms with Gasteiger partial charge in [-0.3, -0.25) is 0 Å². The fraction of sp³-hybridized carbons (Fsp3) is 0.538. The van der Waals surface area contributed by atoms with Crippen LogP contribution in [0.4, 0.5) is 17.6 Å². The number of hydrogen-bond acceptors (Lipinski definition) is 1. The van der Waals surface area contributed by atoms with Gasteiger partial charge in [-0.2, -0.15) is 13.2 Å². The molecule has 2 rings (SSSR count). The molecule has 1 aliphatic rings. The van der Waals surface area contributed by atoms with Crippen molar-refractivity contribution in [1.29, 1.82) is 0 Å². The fourth-order valence-electron chi connectivity index (χ4n) is 2.59. The summed E-state index contributed by atoms with van der Waals surface area (Å²) in [6, 6.07) is 2.97. The summed E-state index contributed by atoms with van der Waals surface area (Å²) in [6.07, 6.45) is -2.92. The molecular formula is C13H15F4N. The second kappa shape index (κ2) is 4.88. The lowest BCUT2D eigenvalue weighted by Gasteiger charge is -2.19. The smallest absolute Gasteiger partial charge is 0.313 e. The Morgan fingerprint density at radius 3 is 2.61 bits per heavy atom. The second-order valence-corrected chi connectivity index (χ2v) is 4.64. The molecule has 2 unspecified atom stereocenters. The number of alkyl halides is 3. The van der Waals surface area contributed by atoms with Gasteiger partial charge in [-0.05, 0) is 43.1 Å². The summed E-state index contributed by atoms with van der Waals surface area (Å²) in [5, 5.41) is 3.23. The van der Waals surface area contributed by atoms with Crippen molar-refractivity contribution in [3.63, 3.8) is 0 Å². The van der Waals surface area contributed by atoms with E-state index in [1.54, 1.807) is 0 Å². The summed E-state index contributed by atoms with van der Waals surface area (Å²) in [5.41, 5.74) is -0.460. The summed E-state index contributed by atoms with van der Waals surface area (Å²) in [4.78, 5) is 0. The van der Waals surface area contributed by atoms with E-state index in [1.807, 2.05) is 6.92 Å². The molecule has 0 aliphatic carbocycles. The molecular weight excluding hydrogens is 246 g/mol. The standard InChI is InChI=1S/C13H15F4N/c1-2-12-11(3-4-18-12)8-5-9(13(15,16)17)7-10(14)6-8/h5-7,11-12,18H,2-4H2,1H3. The van der Waals surface area contributed by atoms with Crippen molar-refractivity contribution in [2.45, 2.75) is 37.9 Å². The van der Waals surface area contributed by atoms with Crippen molar-refractivity contribution in [2.75, 3.05) is 6.54 Å². The van der Waals surface area contributed by atoms with E-state index in [2.05, 4.69) is 5.32 Å². The summed E-state index contributed by atoms with van der Waals surface area (Å²) >= 11 is 0. The summed E-state index contributed by atoms with van der Waals surface area (Å²) in [5.74, 6) is -0.853. The van der Waals surface area contributed by atoms with Gasteiger partial charge in [-0.15, -0.1) is 0 Å². The molecule has 5 heteroatoms. The Morgan fingerprint density at radius 2 is 2.00 bits per heavy atom. The third-order valence-electron chi connectivity index (χ3n) is 3.46. The zero-order valence-electron chi connectivity index (χ0n) is 10.0. The van der Waals surface area contributed by atoms with Crippen LogP contribution in [-0.4, -0.2) is 12.6 Å². The number of hydrogen-bond donors (Lipinski definition) is 1. The molecule has 0 radical (unpaired) electrons. The molecule has 0 spiro atoms. The molecule has 1 aromatic carbocycles. The molecule has 1 fully saturated rings. The molecule has 1 saturated heterocycles. The Kier molecular flexibility index (Phi) is 3.61. The van der Waals surface area contributed by atoms with Crippen molar-refractivity contribution < 1.29 is 17.6 Å². The third-order valence-corrected chi connectivity index (χ3v) is 3.46.